The maximum absolute atomic E-state index is 13.3. The number of carbonyl (C=O) groups is 1. The topological polar surface area (TPSA) is 41.1 Å². The van der Waals surface area contributed by atoms with Gasteiger partial charge in [0.1, 0.15) is 5.82 Å². The van der Waals surface area contributed by atoms with Crippen molar-refractivity contribution in [1.29, 1.82) is 0 Å². The highest BCUT2D eigenvalue weighted by molar-refractivity contribution is 5.75. The first-order chi connectivity index (χ1) is 10.1. The van der Waals surface area contributed by atoms with Crippen LogP contribution < -0.4 is 10.6 Å². The monoisotopic (exact) mass is 284 g/mol. The van der Waals surface area contributed by atoms with Crippen molar-refractivity contribution in [2.24, 2.45) is 0 Å². The second-order valence-corrected chi connectivity index (χ2v) is 4.67. The van der Waals surface area contributed by atoms with Crippen molar-refractivity contribution >= 4 is 12.1 Å². The summed E-state index contributed by atoms with van der Waals surface area (Å²) in [5, 5.41) is 5.28. The van der Waals surface area contributed by atoms with Gasteiger partial charge in [0, 0.05) is 18.3 Å². The van der Waals surface area contributed by atoms with Crippen LogP contribution in [-0.2, 0) is 6.54 Å². The summed E-state index contributed by atoms with van der Waals surface area (Å²) < 4.78 is 13.3. The minimum absolute atomic E-state index is 0.323. The van der Waals surface area contributed by atoms with E-state index in [2.05, 4.69) is 10.6 Å². The quantitative estimate of drug-likeness (QED) is 0.885. The van der Waals surface area contributed by atoms with E-state index in [1.54, 1.807) is 18.2 Å². The molecule has 2 amide bonds. The number of aryl methyl sites for hydroxylation is 1. The van der Waals surface area contributed by atoms with Crippen LogP contribution >= 0.6 is 0 Å². The average molecular weight is 284 g/mol. The summed E-state index contributed by atoms with van der Waals surface area (Å²) >= 11 is 0. The number of hydrogen-bond donors (Lipinski definition) is 2. The molecule has 0 aliphatic carbocycles. The van der Waals surface area contributed by atoms with Crippen LogP contribution in [0.4, 0.5) is 9.18 Å². The minimum Gasteiger partial charge on any atom is -0.334 e. The van der Waals surface area contributed by atoms with E-state index < -0.39 is 0 Å². The summed E-state index contributed by atoms with van der Waals surface area (Å²) in [4.78, 5) is 11.6. The number of halogens is 1. The highest BCUT2D eigenvalue weighted by Crippen LogP contribution is 2.07. The van der Waals surface area contributed by atoms with Gasteiger partial charge in [-0.05, 0) is 24.6 Å². The van der Waals surface area contributed by atoms with Crippen LogP contribution in [0.5, 0.6) is 0 Å². The fourth-order valence-corrected chi connectivity index (χ4v) is 1.87. The molecule has 0 saturated carbocycles. The molecule has 0 atom stereocenters. The normalized spacial score (nSPS) is 10.6. The first-order valence-corrected chi connectivity index (χ1v) is 6.66. The molecule has 0 heterocycles. The second kappa shape index (κ2) is 7.24. The summed E-state index contributed by atoms with van der Waals surface area (Å²) in [6.45, 7) is 2.45. The number of nitrogens with one attached hydrogen (secondary N) is 2. The first-order valence-electron chi connectivity index (χ1n) is 6.66. The lowest BCUT2D eigenvalue weighted by atomic mass is 10.1. The smallest absolute Gasteiger partial charge is 0.319 e. The second-order valence-electron chi connectivity index (χ2n) is 4.67. The molecule has 2 N–H and O–H groups in total. The van der Waals surface area contributed by atoms with E-state index in [9.17, 15) is 9.18 Å². The van der Waals surface area contributed by atoms with E-state index in [1.807, 2.05) is 31.2 Å². The van der Waals surface area contributed by atoms with Crippen molar-refractivity contribution in [1.82, 2.24) is 10.6 Å². The van der Waals surface area contributed by atoms with E-state index >= 15 is 0 Å². The SMILES string of the molecule is Cc1cccc(CNC(=O)N/C=C/c2ccccc2F)c1. The van der Waals surface area contributed by atoms with Gasteiger partial charge in [-0.15, -0.1) is 0 Å². The summed E-state index contributed by atoms with van der Waals surface area (Å²) in [5.74, 6) is -0.323. The van der Waals surface area contributed by atoms with Gasteiger partial charge in [-0.1, -0.05) is 48.0 Å². The van der Waals surface area contributed by atoms with E-state index in [4.69, 9.17) is 0 Å². The molecule has 108 valence electrons. The van der Waals surface area contributed by atoms with Gasteiger partial charge in [0.2, 0.25) is 0 Å². The number of hydrogen-bond acceptors (Lipinski definition) is 1. The molecule has 2 aromatic rings. The predicted molar refractivity (Wildman–Crippen MR) is 82.0 cm³/mol. The van der Waals surface area contributed by atoms with Crippen molar-refractivity contribution in [3.05, 3.63) is 77.2 Å². The Morgan fingerprint density at radius 1 is 1.19 bits per heavy atom. The number of amides is 2. The van der Waals surface area contributed by atoms with Gasteiger partial charge < -0.3 is 10.6 Å². The zero-order valence-corrected chi connectivity index (χ0v) is 11.8. The molecule has 4 heteroatoms. The van der Waals surface area contributed by atoms with Crippen LogP contribution in [0, 0.1) is 12.7 Å². The van der Waals surface area contributed by atoms with Gasteiger partial charge >= 0.3 is 6.03 Å². The van der Waals surface area contributed by atoms with E-state index in [0.717, 1.165) is 11.1 Å². The van der Waals surface area contributed by atoms with Crippen molar-refractivity contribution in [2.45, 2.75) is 13.5 Å². The molecule has 0 spiro atoms. The zero-order chi connectivity index (χ0) is 15.1. The van der Waals surface area contributed by atoms with Crippen LogP contribution in [0.3, 0.4) is 0 Å². The van der Waals surface area contributed by atoms with Crippen LogP contribution in [0.15, 0.2) is 54.7 Å². The molecule has 0 fully saturated rings. The van der Waals surface area contributed by atoms with Gasteiger partial charge in [-0.3, -0.25) is 0 Å². The Kier molecular flexibility index (Phi) is 5.10. The highest BCUT2D eigenvalue weighted by atomic mass is 19.1. The Bertz CT molecular complexity index is 653. The summed E-state index contributed by atoms with van der Waals surface area (Å²) in [7, 11) is 0. The molecule has 0 bridgehead atoms. The van der Waals surface area contributed by atoms with Gasteiger partial charge in [0.15, 0.2) is 0 Å². The number of carbonyl (C=O) groups excluding carboxylic acids is 1. The van der Waals surface area contributed by atoms with Crippen molar-refractivity contribution in [3.8, 4) is 0 Å². The third kappa shape index (κ3) is 4.76. The van der Waals surface area contributed by atoms with Crippen molar-refractivity contribution in [3.63, 3.8) is 0 Å². The molecule has 0 aliphatic rings. The fourth-order valence-electron chi connectivity index (χ4n) is 1.87. The Morgan fingerprint density at radius 3 is 2.76 bits per heavy atom. The molecular formula is C17H17FN2O. The predicted octanol–water partition coefficient (Wildman–Crippen LogP) is 3.60. The molecular weight excluding hydrogens is 267 g/mol. The first kappa shape index (κ1) is 14.8. The maximum atomic E-state index is 13.3. The molecule has 3 nitrogen and oxygen atoms in total. The van der Waals surface area contributed by atoms with Gasteiger partial charge in [0.25, 0.3) is 0 Å². The van der Waals surface area contributed by atoms with Crippen LogP contribution in [-0.4, -0.2) is 6.03 Å². The number of urea groups is 1. The van der Waals surface area contributed by atoms with E-state index in [1.165, 1.54) is 18.3 Å². The van der Waals surface area contributed by atoms with Crippen LogP contribution in [0.2, 0.25) is 0 Å². The number of benzene rings is 2. The summed E-state index contributed by atoms with van der Waals surface area (Å²) in [6, 6.07) is 13.9. The molecule has 0 radical (unpaired) electrons. The largest absolute Gasteiger partial charge is 0.334 e. The lowest BCUT2D eigenvalue weighted by Crippen LogP contribution is -2.31. The molecule has 0 saturated heterocycles. The van der Waals surface area contributed by atoms with Gasteiger partial charge in [-0.25, -0.2) is 9.18 Å². The van der Waals surface area contributed by atoms with Crippen LogP contribution in [0.25, 0.3) is 6.08 Å². The minimum atomic E-state index is -0.330. The standard InChI is InChI=1S/C17H17FN2O/c1-13-5-4-6-14(11-13)12-20-17(21)19-10-9-15-7-2-3-8-16(15)18/h2-11H,12H2,1H3,(H2,19,20,21)/b10-9+. The Morgan fingerprint density at radius 2 is 2.00 bits per heavy atom. The molecule has 0 aromatic heterocycles. The third-order valence-corrected chi connectivity index (χ3v) is 2.92. The highest BCUT2D eigenvalue weighted by Gasteiger charge is 1.99. The van der Waals surface area contributed by atoms with Crippen molar-refractivity contribution in [2.75, 3.05) is 0 Å². The molecule has 2 aromatic carbocycles. The molecule has 2 rings (SSSR count). The summed E-state index contributed by atoms with van der Waals surface area (Å²) in [6.07, 6.45) is 2.94. The molecule has 21 heavy (non-hydrogen) atoms. The Balaban J connectivity index is 1.81. The lowest BCUT2D eigenvalue weighted by Gasteiger charge is -2.05. The Hall–Kier alpha value is -2.62. The average Bonchev–Trinajstić information content (AvgIpc) is 2.47. The lowest BCUT2D eigenvalue weighted by molar-refractivity contribution is 0.244. The van der Waals surface area contributed by atoms with E-state index in [0.29, 0.717) is 12.1 Å². The maximum Gasteiger partial charge on any atom is 0.319 e. The van der Waals surface area contributed by atoms with E-state index in [-0.39, 0.29) is 11.8 Å². The van der Waals surface area contributed by atoms with Gasteiger partial charge in [-0.2, -0.15) is 0 Å². The molecule has 0 unspecified atom stereocenters. The number of rotatable bonds is 4. The molecule has 0 aliphatic heterocycles. The Labute approximate surface area is 123 Å². The van der Waals surface area contributed by atoms with Crippen molar-refractivity contribution < 1.29 is 9.18 Å². The zero-order valence-electron chi connectivity index (χ0n) is 11.8. The third-order valence-electron chi connectivity index (χ3n) is 2.92. The van der Waals surface area contributed by atoms with Crippen LogP contribution in [0.1, 0.15) is 16.7 Å². The summed E-state index contributed by atoms with van der Waals surface area (Å²) in [5.41, 5.74) is 2.61. The van der Waals surface area contributed by atoms with Gasteiger partial charge in [0.05, 0.1) is 0 Å². The fraction of sp³-hybridized carbons (Fsp3) is 0.118.